The van der Waals surface area contributed by atoms with Crippen molar-refractivity contribution in [3.8, 4) is 0 Å². The highest BCUT2D eigenvalue weighted by Gasteiger charge is 2.20. The maximum atomic E-state index is 13.0. The van der Waals surface area contributed by atoms with Crippen molar-refractivity contribution < 1.29 is 4.79 Å². The van der Waals surface area contributed by atoms with Crippen molar-refractivity contribution in [1.29, 1.82) is 0 Å². The number of unbranched alkanes of at least 4 members (excludes halogenated alkanes) is 1. The van der Waals surface area contributed by atoms with Gasteiger partial charge in [-0.3, -0.25) is 9.78 Å². The van der Waals surface area contributed by atoms with Gasteiger partial charge < -0.3 is 25.8 Å². The lowest BCUT2D eigenvalue weighted by Crippen LogP contribution is -2.47. The van der Waals surface area contributed by atoms with Crippen LogP contribution in [0.25, 0.3) is 21.8 Å². The van der Waals surface area contributed by atoms with Crippen LogP contribution in [0.5, 0.6) is 0 Å². The molecule has 1 aliphatic heterocycles. The molecule has 154 valence electrons. The van der Waals surface area contributed by atoms with Crippen LogP contribution in [0.1, 0.15) is 18.5 Å². The number of hydrogen-bond donors (Lipinski definition) is 3. The largest absolute Gasteiger partial charge is 0.339 e. The van der Waals surface area contributed by atoms with E-state index in [9.17, 15) is 4.79 Å². The summed E-state index contributed by atoms with van der Waals surface area (Å²) in [7, 11) is 0. The van der Waals surface area contributed by atoms with E-state index in [2.05, 4.69) is 44.5 Å². The third kappa shape index (κ3) is 4.27. The normalized spacial score (nSPS) is 14.7. The molecular formula is C22H30N6O. The third-order valence-corrected chi connectivity index (χ3v) is 5.62. The van der Waals surface area contributed by atoms with Crippen LogP contribution in [-0.2, 0) is 17.9 Å². The number of nitrogens with two attached hydrogens (primary N) is 1. The number of aromatic nitrogens is 2. The Hall–Kier alpha value is -2.48. The minimum absolute atomic E-state index is 0.167. The topological polar surface area (TPSA) is 88.2 Å². The average Bonchev–Trinajstić information content (AvgIpc) is 3.09. The molecule has 0 aliphatic carbocycles. The number of carbonyl (C=O) groups is 1. The van der Waals surface area contributed by atoms with Crippen LogP contribution in [0.4, 0.5) is 0 Å². The maximum Gasteiger partial charge on any atom is 0.242 e. The van der Waals surface area contributed by atoms with E-state index in [-0.39, 0.29) is 5.91 Å². The fraction of sp³-hybridized carbons (Fsp3) is 0.455. The second-order valence-electron chi connectivity index (χ2n) is 7.56. The Kier molecular flexibility index (Phi) is 6.39. The zero-order chi connectivity index (χ0) is 20.1. The van der Waals surface area contributed by atoms with Crippen LogP contribution in [0.3, 0.4) is 0 Å². The Morgan fingerprint density at radius 3 is 2.79 bits per heavy atom. The first-order valence-corrected chi connectivity index (χ1v) is 10.5. The van der Waals surface area contributed by atoms with Crippen LogP contribution in [0.2, 0.25) is 0 Å². The molecular weight excluding hydrogens is 364 g/mol. The van der Waals surface area contributed by atoms with Crippen molar-refractivity contribution in [3.63, 3.8) is 0 Å². The summed E-state index contributed by atoms with van der Waals surface area (Å²) in [6, 6.07) is 10.4. The minimum atomic E-state index is 0.167. The van der Waals surface area contributed by atoms with Gasteiger partial charge in [0, 0.05) is 55.2 Å². The summed E-state index contributed by atoms with van der Waals surface area (Å²) < 4.78 is 2.15. The molecule has 29 heavy (non-hydrogen) atoms. The molecule has 0 bridgehead atoms. The van der Waals surface area contributed by atoms with Crippen molar-refractivity contribution in [2.75, 3.05) is 39.3 Å². The maximum absolute atomic E-state index is 13.0. The van der Waals surface area contributed by atoms with Crippen LogP contribution in [-0.4, -0.2) is 59.6 Å². The third-order valence-electron chi connectivity index (χ3n) is 5.62. The van der Waals surface area contributed by atoms with E-state index in [1.54, 1.807) is 0 Å². The number of carbonyl (C=O) groups excluding carboxylic acids is 1. The van der Waals surface area contributed by atoms with Crippen LogP contribution in [0, 0.1) is 0 Å². The molecule has 3 aromatic rings. The Bertz CT molecular complexity index is 976. The predicted octanol–water partition coefficient (Wildman–Crippen LogP) is 1.45. The average molecular weight is 395 g/mol. The number of amides is 1. The lowest BCUT2D eigenvalue weighted by Gasteiger charge is -2.28. The second-order valence-corrected chi connectivity index (χ2v) is 7.56. The van der Waals surface area contributed by atoms with Gasteiger partial charge in [0.15, 0.2) is 0 Å². The molecule has 1 amide bonds. The van der Waals surface area contributed by atoms with E-state index >= 15 is 0 Å². The van der Waals surface area contributed by atoms with Gasteiger partial charge >= 0.3 is 0 Å². The second kappa shape index (κ2) is 9.35. The van der Waals surface area contributed by atoms with Gasteiger partial charge in [-0.2, -0.15) is 0 Å². The molecule has 0 saturated carbocycles. The standard InChI is InChI=1S/C22H30N6O/c23-8-3-4-9-25-15-19-22-18(7-10-26-19)17-5-1-2-6-20(17)28(22)16-21(29)27-13-11-24-12-14-27/h1-2,5-7,10,24-25H,3-4,8-9,11-16,23H2. The molecule has 7 heteroatoms. The van der Waals surface area contributed by atoms with E-state index in [0.29, 0.717) is 13.1 Å². The van der Waals surface area contributed by atoms with E-state index < -0.39 is 0 Å². The molecule has 0 radical (unpaired) electrons. The highest BCUT2D eigenvalue weighted by Crippen LogP contribution is 2.30. The van der Waals surface area contributed by atoms with Crippen LogP contribution >= 0.6 is 0 Å². The first kappa shape index (κ1) is 19.8. The zero-order valence-corrected chi connectivity index (χ0v) is 16.9. The molecule has 4 N–H and O–H groups in total. The first-order valence-electron chi connectivity index (χ1n) is 10.5. The molecule has 3 heterocycles. The summed E-state index contributed by atoms with van der Waals surface area (Å²) in [5, 5.41) is 9.11. The molecule has 0 spiro atoms. The molecule has 7 nitrogen and oxygen atoms in total. The van der Waals surface area contributed by atoms with Gasteiger partial charge in [-0.05, 0) is 38.1 Å². The highest BCUT2D eigenvalue weighted by molar-refractivity contribution is 6.09. The van der Waals surface area contributed by atoms with Gasteiger partial charge in [0.25, 0.3) is 0 Å². The van der Waals surface area contributed by atoms with E-state index in [0.717, 1.165) is 74.2 Å². The lowest BCUT2D eigenvalue weighted by atomic mass is 10.1. The molecule has 1 aliphatic rings. The lowest BCUT2D eigenvalue weighted by molar-refractivity contribution is -0.132. The Balaban J connectivity index is 1.67. The van der Waals surface area contributed by atoms with Gasteiger partial charge in [-0.1, -0.05) is 18.2 Å². The van der Waals surface area contributed by atoms with E-state index in [1.165, 1.54) is 5.39 Å². The fourth-order valence-corrected chi connectivity index (χ4v) is 4.12. The number of benzene rings is 1. The molecule has 1 fully saturated rings. The first-order chi connectivity index (χ1) is 14.3. The van der Waals surface area contributed by atoms with Crippen LogP contribution in [0.15, 0.2) is 36.5 Å². The van der Waals surface area contributed by atoms with Crippen molar-refractivity contribution in [2.45, 2.75) is 25.9 Å². The number of pyridine rings is 1. The number of rotatable bonds is 8. The van der Waals surface area contributed by atoms with Gasteiger partial charge in [-0.15, -0.1) is 0 Å². The van der Waals surface area contributed by atoms with Crippen LogP contribution < -0.4 is 16.4 Å². The van der Waals surface area contributed by atoms with Crippen molar-refractivity contribution in [3.05, 3.63) is 42.2 Å². The monoisotopic (exact) mass is 394 g/mol. The van der Waals surface area contributed by atoms with Gasteiger partial charge in [0.2, 0.25) is 5.91 Å². The minimum Gasteiger partial charge on any atom is -0.339 e. The molecule has 1 saturated heterocycles. The fourth-order valence-electron chi connectivity index (χ4n) is 4.12. The van der Waals surface area contributed by atoms with Crippen molar-refractivity contribution >= 4 is 27.7 Å². The number of fused-ring (bicyclic) bond motifs is 3. The van der Waals surface area contributed by atoms with Gasteiger partial charge in [-0.25, -0.2) is 0 Å². The number of para-hydroxylation sites is 1. The summed E-state index contributed by atoms with van der Waals surface area (Å²) in [6.07, 6.45) is 3.94. The molecule has 2 aromatic heterocycles. The Labute approximate surface area is 171 Å². The number of nitrogens with zero attached hydrogens (tertiary/aromatic N) is 3. The summed E-state index contributed by atoms with van der Waals surface area (Å²) in [5.41, 5.74) is 8.71. The molecule has 1 aromatic carbocycles. The molecule has 4 rings (SSSR count). The van der Waals surface area contributed by atoms with E-state index in [4.69, 9.17) is 5.73 Å². The van der Waals surface area contributed by atoms with Crippen molar-refractivity contribution in [1.82, 2.24) is 25.1 Å². The summed E-state index contributed by atoms with van der Waals surface area (Å²) in [4.78, 5) is 19.6. The summed E-state index contributed by atoms with van der Waals surface area (Å²) in [6.45, 7) is 5.91. The number of nitrogens with one attached hydrogen (secondary N) is 2. The quantitative estimate of drug-likeness (QED) is 0.503. The van der Waals surface area contributed by atoms with Crippen molar-refractivity contribution in [2.24, 2.45) is 5.73 Å². The SMILES string of the molecule is NCCCCNCc1nccc2c3ccccc3n(CC(=O)N3CCNCC3)c12. The Morgan fingerprint density at radius 2 is 1.97 bits per heavy atom. The highest BCUT2D eigenvalue weighted by atomic mass is 16.2. The van der Waals surface area contributed by atoms with Gasteiger partial charge in [0.05, 0.1) is 11.2 Å². The number of hydrogen-bond acceptors (Lipinski definition) is 5. The number of piperazine rings is 1. The smallest absolute Gasteiger partial charge is 0.242 e. The predicted molar refractivity (Wildman–Crippen MR) is 117 cm³/mol. The molecule has 0 unspecified atom stereocenters. The summed E-state index contributed by atoms with van der Waals surface area (Å²) in [5.74, 6) is 0.167. The summed E-state index contributed by atoms with van der Waals surface area (Å²) >= 11 is 0. The zero-order valence-electron chi connectivity index (χ0n) is 16.9. The Morgan fingerprint density at radius 1 is 1.14 bits per heavy atom. The van der Waals surface area contributed by atoms with Gasteiger partial charge in [0.1, 0.15) is 6.54 Å². The molecule has 0 atom stereocenters. The van der Waals surface area contributed by atoms with E-state index in [1.807, 2.05) is 17.2 Å².